The molecule has 3 rings (SSSR count). The van der Waals surface area contributed by atoms with Crippen molar-refractivity contribution in [2.24, 2.45) is 0 Å². The van der Waals surface area contributed by atoms with Gasteiger partial charge >= 0.3 is 0 Å². The maximum Gasteiger partial charge on any atom is 0.150 e. The molecule has 3 aromatic rings. The third-order valence-electron chi connectivity index (χ3n) is 3.72. The molecule has 22 heavy (non-hydrogen) atoms. The van der Waals surface area contributed by atoms with E-state index < -0.39 is 0 Å². The fraction of sp³-hybridized carbons (Fsp3) is 0.0500. The second kappa shape index (κ2) is 6.59. The lowest BCUT2D eigenvalue weighted by atomic mass is 9.93. The average molecular weight is 307 g/mol. The number of carbonyl (C=O) groups is 1. The van der Waals surface area contributed by atoms with Crippen LogP contribution < -0.4 is 0 Å². The molecule has 0 spiro atoms. The van der Waals surface area contributed by atoms with Crippen molar-refractivity contribution in [2.75, 3.05) is 0 Å². The van der Waals surface area contributed by atoms with E-state index in [1.807, 2.05) is 60.7 Å². The van der Waals surface area contributed by atoms with E-state index in [4.69, 9.17) is 11.6 Å². The summed E-state index contributed by atoms with van der Waals surface area (Å²) < 4.78 is 0. The first-order valence-electron chi connectivity index (χ1n) is 7.15. The fourth-order valence-corrected chi connectivity index (χ4v) is 2.87. The molecule has 0 saturated carbocycles. The van der Waals surface area contributed by atoms with Crippen molar-refractivity contribution >= 4 is 17.9 Å². The fourth-order valence-electron chi connectivity index (χ4n) is 2.64. The van der Waals surface area contributed by atoms with Crippen molar-refractivity contribution in [3.63, 3.8) is 0 Å². The van der Waals surface area contributed by atoms with Gasteiger partial charge in [-0.2, -0.15) is 0 Å². The SMILES string of the molecule is O=Cc1c(Cc2ccccc2)cccc1-c1ccccc1Cl. The lowest BCUT2D eigenvalue weighted by molar-refractivity contribution is 0.112. The summed E-state index contributed by atoms with van der Waals surface area (Å²) in [6.07, 6.45) is 1.66. The Hall–Kier alpha value is -2.38. The number of benzene rings is 3. The number of halogens is 1. The lowest BCUT2D eigenvalue weighted by Crippen LogP contribution is -1.98. The highest BCUT2D eigenvalue weighted by Gasteiger charge is 2.12. The van der Waals surface area contributed by atoms with Gasteiger partial charge in [0, 0.05) is 16.1 Å². The molecule has 1 nitrogen and oxygen atoms in total. The van der Waals surface area contributed by atoms with Crippen LogP contribution in [0.3, 0.4) is 0 Å². The summed E-state index contributed by atoms with van der Waals surface area (Å²) >= 11 is 6.28. The molecule has 0 aliphatic rings. The largest absolute Gasteiger partial charge is 0.298 e. The third-order valence-corrected chi connectivity index (χ3v) is 4.05. The van der Waals surface area contributed by atoms with Gasteiger partial charge in [0.05, 0.1) is 0 Å². The van der Waals surface area contributed by atoms with E-state index >= 15 is 0 Å². The van der Waals surface area contributed by atoms with Crippen LogP contribution >= 0.6 is 11.6 Å². The number of rotatable bonds is 4. The van der Waals surface area contributed by atoms with Gasteiger partial charge in [-0.15, -0.1) is 0 Å². The number of aldehydes is 1. The van der Waals surface area contributed by atoms with Gasteiger partial charge in [-0.1, -0.05) is 78.3 Å². The molecule has 0 fully saturated rings. The minimum absolute atomic E-state index is 0.655. The monoisotopic (exact) mass is 306 g/mol. The third kappa shape index (κ3) is 2.95. The van der Waals surface area contributed by atoms with Gasteiger partial charge in [-0.25, -0.2) is 0 Å². The van der Waals surface area contributed by atoms with E-state index in [-0.39, 0.29) is 0 Å². The van der Waals surface area contributed by atoms with E-state index in [0.717, 1.165) is 29.4 Å². The molecular weight excluding hydrogens is 292 g/mol. The Morgan fingerprint density at radius 3 is 2.18 bits per heavy atom. The molecule has 0 unspecified atom stereocenters. The van der Waals surface area contributed by atoms with Crippen LogP contribution in [0.4, 0.5) is 0 Å². The van der Waals surface area contributed by atoms with Crippen LogP contribution in [-0.2, 0) is 6.42 Å². The van der Waals surface area contributed by atoms with Crippen molar-refractivity contribution in [3.05, 3.63) is 94.5 Å². The van der Waals surface area contributed by atoms with Crippen LogP contribution in [0.5, 0.6) is 0 Å². The minimum atomic E-state index is 0.655. The number of hydrogen-bond acceptors (Lipinski definition) is 1. The molecular formula is C20H15ClO. The molecule has 0 aliphatic carbocycles. The van der Waals surface area contributed by atoms with Gasteiger partial charge < -0.3 is 0 Å². The van der Waals surface area contributed by atoms with Gasteiger partial charge in [-0.05, 0) is 29.2 Å². The van der Waals surface area contributed by atoms with Crippen LogP contribution in [0.15, 0.2) is 72.8 Å². The molecule has 0 atom stereocenters. The molecule has 0 radical (unpaired) electrons. The maximum absolute atomic E-state index is 11.7. The number of hydrogen-bond donors (Lipinski definition) is 0. The highest BCUT2D eigenvalue weighted by molar-refractivity contribution is 6.33. The highest BCUT2D eigenvalue weighted by atomic mass is 35.5. The molecule has 2 heteroatoms. The first-order valence-corrected chi connectivity index (χ1v) is 7.53. The first kappa shape index (κ1) is 14.6. The molecule has 0 bridgehead atoms. The molecule has 0 aromatic heterocycles. The summed E-state index contributed by atoms with van der Waals surface area (Å²) in [7, 11) is 0. The smallest absolute Gasteiger partial charge is 0.150 e. The Balaban J connectivity index is 2.08. The summed E-state index contributed by atoms with van der Waals surface area (Å²) in [5.41, 5.74) is 4.68. The van der Waals surface area contributed by atoms with Gasteiger partial charge in [0.25, 0.3) is 0 Å². The first-order chi connectivity index (χ1) is 10.8. The summed E-state index contributed by atoms with van der Waals surface area (Å²) in [6, 6.07) is 23.7. The second-order valence-corrected chi connectivity index (χ2v) is 5.55. The predicted octanol–water partition coefficient (Wildman–Crippen LogP) is 5.41. The molecule has 0 aliphatic heterocycles. The summed E-state index contributed by atoms with van der Waals surface area (Å²) in [6.45, 7) is 0. The summed E-state index contributed by atoms with van der Waals surface area (Å²) in [4.78, 5) is 11.7. The molecule has 0 saturated heterocycles. The van der Waals surface area contributed by atoms with E-state index in [9.17, 15) is 4.79 Å². The van der Waals surface area contributed by atoms with Crippen LogP contribution in [-0.4, -0.2) is 6.29 Å². The van der Waals surface area contributed by atoms with Crippen LogP contribution in [0.2, 0.25) is 5.02 Å². The van der Waals surface area contributed by atoms with Gasteiger partial charge in [-0.3, -0.25) is 4.79 Å². The van der Waals surface area contributed by atoms with Crippen molar-refractivity contribution in [1.82, 2.24) is 0 Å². The van der Waals surface area contributed by atoms with E-state index in [2.05, 4.69) is 12.1 Å². The Bertz CT molecular complexity index is 794. The van der Waals surface area contributed by atoms with E-state index in [1.54, 1.807) is 0 Å². The minimum Gasteiger partial charge on any atom is -0.298 e. The average Bonchev–Trinajstić information content (AvgIpc) is 2.56. The van der Waals surface area contributed by atoms with Crippen LogP contribution in [0.25, 0.3) is 11.1 Å². The van der Waals surface area contributed by atoms with E-state index in [1.165, 1.54) is 5.56 Å². The lowest BCUT2D eigenvalue weighted by Gasteiger charge is -2.12. The molecule has 0 heterocycles. The Labute approximate surface area is 135 Å². The standard InChI is InChI=1S/C20H15ClO/c21-20-12-5-4-10-18(20)17-11-6-9-16(19(17)14-22)13-15-7-2-1-3-8-15/h1-12,14H,13H2. The molecule has 0 amide bonds. The molecule has 3 aromatic carbocycles. The Kier molecular flexibility index (Phi) is 4.36. The highest BCUT2D eigenvalue weighted by Crippen LogP contribution is 2.31. The Morgan fingerprint density at radius 2 is 1.45 bits per heavy atom. The normalized spacial score (nSPS) is 10.4. The van der Waals surface area contributed by atoms with Gasteiger partial charge in [0.1, 0.15) is 0 Å². The van der Waals surface area contributed by atoms with Gasteiger partial charge in [0.15, 0.2) is 6.29 Å². The van der Waals surface area contributed by atoms with Crippen LogP contribution in [0.1, 0.15) is 21.5 Å². The van der Waals surface area contributed by atoms with Crippen molar-refractivity contribution in [1.29, 1.82) is 0 Å². The number of carbonyl (C=O) groups excluding carboxylic acids is 1. The Morgan fingerprint density at radius 1 is 0.773 bits per heavy atom. The van der Waals surface area contributed by atoms with Crippen molar-refractivity contribution in [2.45, 2.75) is 6.42 Å². The summed E-state index contributed by atoms with van der Waals surface area (Å²) in [5.74, 6) is 0. The summed E-state index contributed by atoms with van der Waals surface area (Å²) in [5, 5.41) is 0.655. The second-order valence-electron chi connectivity index (χ2n) is 5.14. The van der Waals surface area contributed by atoms with E-state index in [0.29, 0.717) is 10.6 Å². The zero-order valence-corrected chi connectivity index (χ0v) is 12.8. The maximum atomic E-state index is 11.7. The van der Waals surface area contributed by atoms with Gasteiger partial charge in [0.2, 0.25) is 0 Å². The van der Waals surface area contributed by atoms with Crippen molar-refractivity contribution < 1.29 is 4.79 Å². The predicted molar refractivity (Wildman–Crippen MR) is 91.5 cm³/mol. The zero-order chi connectivity index (χ0) is 15.4. The van der Waals surface area contributed by atoms with Crippen molar-refractivity contribution in [3.8, 4) is 11.1 Å². The zero-order valence-electron chi connectivity index (χ0n) is 12.0. The molecule has 108 valence electrons. The molecule has 0 N–H and O–H groups in total. The topological polar surface area (TPSA) is 17.1 Å². The van der Waals surface area contributed by atoms with Crippen LogP contribution in [0, 0.1) is 0 Å². The quantitative estimate of drug-likeness (QED) is 0.589.